The lowest BCUT2D eigenvalue weighted by Gasteiger charge is -2.16. The lowest BCUT2D eigenvalue weighted by atomic mass is 10.2. The average Bonchev–Trinajstić information content (AvgIpc) is 2.32. The van der Waals surface area contributed by atoms with Crippen molar-refractivity contribution in [1.29, 1.82) is 0 Å². The fourth-order valence-corrected chi connectivity index (χ4v) is 1.27. The topological polar surface area (TPSA) is 122 Å². The predicted molar refractivity (Wildman–Crippen MR) is 60.0 cm³/mol. The van der Waals surface area contributed by atoms with Crippen LogP contribution in [0.3, 0.4) is 0 Å². The Balaban J connectivity index is 2.75. The Morgan fingerprint density at radius 2 is 2.17 bits per heavy atom. The highest BCUT2D eigenvalue weighted by Crippen LogP contribution is 1.99. The van der Waals surface area contributed by atoms with E-state index in [0.717, 1.165) is 16.8 Å². The largest absolute Gasteiger partial charge is 0.464 e. The van der Waals surface area contributed by atoms with Crippen LogP contribution in [0.2, 0.25) is 0 Å². The molecule has 1 rings (SSSR count). The number of hydrogen-bond acceptors (Lipinski definition) is 6. The summed E-state index contributed by atoms with van der Waals surface area (Å²) in [5.74, 6) is -0.970. The van der Waals surface area contributed by atoms with Gasteiger partial charge in [-0.05, 0) is 6.92 Å². The number of aromatic nitrogens is 2. The molecule has 0 aliphatic rings. The zero-order valence-electron chi connectivity index (χ0n) is 9.70. The monoisotopic (exact) mass is 258 g/mol. The Morgan fingerprint density at radius 3 is 2.72 bits per heavy atom. The SMILES string of the molecule is CCOC(=O)[C@H](O)[C@H](O)Cn1ccc(=O)[nH]c1=O. The van der Waals surface area contributed by atoms with Crippen molar-refractivity contribution in [2.24, 2.45) is 0 Å². The van der Waals surface area contributed by atoms with E-state index in [-0.39, 0.29) is 13.2 Å². The third kappa shape index (κ3) is 3.54. The first-order valence-corrected chi connectivity index (χ1v) is 5.28. The van der Waals surface area contributed by atoms with Crippen LogP contribution in [0.5, 0.6) is 0 Å². The number of aromatic amines is 1. The van der Waals surface area contributed by atoms with Crippen LogP contribution in [0.15, 0.2) is 21.9 Å². The quantitative estimate of drug-likeness (QED) is 0.516. The van der Waals surface area contributed by atoms with Crippen molar-refractivity contribution in [1.82, 2.24) is 9.55 Å². The molecule has 0 unspecified atom stereocenters. The molecule has 0 radical (unpaired) electrons. The number of H-pyrrole nitrogens is 1. The van der Waals surface area contributed by atoms with E-state index < -0.39 is 29.4 Å². The molecule has 0 aliphatic carbocycles. The predicted octanol–water partition coefficient (Wildman–Crippen LogP) is -2.18. The maximum Gasteiger partial charge on any atom is 0.337 e. The van der Waals surface area contributed by atoms with E-state index in [2.05, 4.69) is 4.74 Å². The summed E-state index contributed by atoms with van der Waals surface area (Å²) in [6.45, 7) is 1.29. The number of hydrogen-bond donors (Lipinski definition) is 3. The molecule has 100 valence electrons. The van der Waals surface area contributed by atoms with Gasteiger partial charge in [0.05, 0.1) is 13.2 Å². The number of ether oxygens (including phenoxy) is 1. The lowest BCUT2D eigenvalue weighted by molar-refractivity contribution is -0.159. The summed E-state index contributed by atoms with van der Waals surface area (Å²) in [5.41, 5.74) is -1.31. The molecule has 2 atom stereocenters. The summed E-state index contributed by atoms with van der Waals surface area (Å²) in [4.78, 5) is 35.2. The van der Waals surface area contributed by atoms with Gasteiger partial charge in [0.25, 0.3) is 5.56 Å². The third-order valence-corrected chi connectivity index (χ3v) is 2.17. The summed E-state index contributed by atoms with van der Waals surface area (Å²) >= 11 is 0. The fraction of sp³-hybridized carbons (Fsp3) is 0.500. The molecule has 8 nitrogen and oxygen atoms in total. The van der Waals surface area contributed by atoms with Crippen molar-refractivity contribution < 1.29 is 19.7 Å². The second kappa shape index (κ2) is 6.12. The Bertz CT molecular complexity index is 520. The number of nitrogens with one attached hydrogen (secondary N) is 1. The van der Waals surface area contributed by atoms with E-state index in [4.69, 9.17) is 0 Å². The van der Waals surface area contributed by atoms with Crippen LogP contribution >= 0.6 is 0 Å². The molecule has 0 bridgehead atoms. The first kappa shape index (κ1) is 14.1. The van der Waals surface area contributed by atoms with Crippen molar-refractivity contribution >= 4 is 5.97 Å². The molecule has 1 aromatic rings. The number of carbonyl (C=O) groups is 1. The van der Waals surface area contributed by atoms with Gasteiger partial charge in [0.1, 0.15) is 6.10 Å². The molecule has 3 N–H and O–H groups in total. The first-order valence-electron chi connectivity index (χ1n) is 5.28. The van der Waals surface area contributed by atoms with Crippen LogP contribution in [0.25, 0.3) is 0 Å². The van der Waals surface area contributed by atoms with E-state index in [0.29, 0.717) is 0 Å². The van der Waals surface area contributed by atoms with E-state index in [9.17, 15) is 24.6 Å². The number of carbonyl (C=O) groups excluding carboxylic acids is 1. The van der Waals surface area contributed by atoms with Gasteiger partial charge in [-0.15, -0.1) is 0 Å². The second-order valence-electron chi connectivity index (χ2n) is 3.53. The summed E-state index contributed by atoms with van der Waals surface area (Å²) in [6.07, 6.45) is -2.10. The number of rotatable bonds is 5. The number of nitrogens with zero attached hydrogens (tertiary/aromatic N) is 1. The molecule has 0 fully saturated rings. The lowest BCUT2D eigenvalue weighted by Crippen LogP contribution is -2.41. The average molecular weight is 258 g/mol. The van der Waals surface area contributed by atoms with Gasteiger partial charge in [-0.3, -0.25) is 14.3 Å². The molecule has 0 amide bonds. The molecular formula is C10H14N2O6. The molecule has 0 aromatic carbocycles. The van der Waals surface area contributed by atoms with E-state index in [1.807, 2.05) is 4.98 Å². The minimum atomic E-state index is -1.75. The molecule has 0 spiro atoms. The Morgan fingerprint density at radius 1 is 1.50 bits per heavy atom. The van der Waals surface area contributed by atoms with Gasteiger partial charge in [-0.2, -0.15) is 0 Å². The van der Waals surface area contributed by atoms with Gasteiger partial charge in [0, 0.05) is 12.3 Å². The normalized spacial score (nSPS) is 13.9. The maximum atomic E-state index is 11.3. The Hall–Kier alpha value is -1.93. The molecule has 0 aliphatic heterocycles. The zero-order valence-corrected chi connectivity index (χ0v) is 9.70. The zero-order chi connectivity index (χ0) is 13.7. The maximum absolute atomic E-state index is 11.3. The molecular weight excluding hydrogens is 244 g/mol. The molecule has 1 aromatic heterocycles. The molecule has 0 saturated carbocycles. The van der Waals surface area contributed by atoms with Gasteiger partial charge in [0.2, 0.25) is 0 Å². The summed E-state index contributed by atoms with van der Waals surface area (Å²) < 4.78 is 5.48. The van der Waals surface area contributed by atoms with Crippen LogP contribution in [-0.4, -0.2) is 44.5 Å². The number of aliphatic hydroxyl groups is 2. The van der Waals surface area contributed by atoms with Gasteiger partial charge >= 0.3 is 11.7 Å². The van der Waals surface area contributed by atoms with Crippen molar-refractivity contribution in [2.45, 2.75) is 25.7 Å². The van der Waals surface area contributed by atoms with Crippen LogP contribution < -0.4 is 11.2 Å². The summed E-state index contributed by atoms with van der Waals surface area (Å²) in [7, 11) is 0. The highest BCUT2D eigenvalue weighted by molar-refractivity contribution is 5.75. The van der Waals surface area contributed by atoms with Gasteiger partial charge in [-0.1, -0.05) is 0 Å². The van der Waals surface area contributed by atoms with Gasteiger partial charge in [-0.25, -0.2) is 9.59 Å². The minimum absolute atomic E-state index is 0.0707. The Kier molecular flexibility index (Phi) is 4.81. The molecule has 8 heteroatoms. The van der Waals surface area contributed by atoms with Crippen molar-refractivity contribution in [3.63, 3.8) is 0 Å². The fourth-order valence-electron chi connectivity index (χ4n) is 1.27. The standard InChI is InChI=1S/C10H14N2O6/c1-2-18-9(16)8(15)6(13)5-12-4-3-7(14)11-10(12)17/h3-4,6,8,13,15H,2,5H2,1H3,(H,11,14,17)/t6-,8-/m1/s1. The highest BCUT2D eigenvalue weighted by Gasteiger charge is 2.25. The van der Waals surface area contributed by atoms with Crippen molar-refractivity contribution in [3.05, 3.63) is 33.1 Å². The summed E-state index contributed by atoms with van der Waals surface area (Å²) in [5, 5.41) is 19.0. The van der Waals surface area contributed by atoms with Crippen LogP contribution in [0.4, 0.5) is 0 Å². The van der Waals surface area contributed by atoms with Crippen LogP contribution in [-0.2, 0) is 16.1 Å². The van der Waals surface area contributed by atoms with Gasteiger partial charge in [0.15, 0.2) is 6.10 Å². The molecule has 0 saturated heterocycles. The smallest absolute Gasteiger partial charge is 0.337 e. The molecule has 1 heterocycles. The molecule has 18 heavy (non-hydrogen) atoms. The summed E-state index contributed by atoms with van der Waals surface area (Å²) in [6, 6.07) is 1.09. The van der Waals surface area contributed by atoms with E-state index in [1.54, 1.807) is 6.92 Å². The minimum Gasteiger partial charge on any atom is -0.464 e. The van der Waals surface area contributed by atoms with Crippen LogP contribution in [0, 0.1) is 0 Å². The van der Waals surface area contributed by atoms with Crippen molar-refractivity contribution in [2.75, 3.05) is 6.61 Å². The van der Waals surface area contributed by atoms with Crippen LogP contribution in [0.1, 0.15) is 6.92 Å². The highest BCUT2D eigenvalue weighted by atomic mass is 16.5. The van der Waals surface area contributed by atoms with E-state index >= 15 is 0 Å². The van der Waals surface area contributed by atoms with Crippen molar-refractivity contribution in [3.8, 4) is 0 Å². The number of aliphatic hydroxyl groups excluding tert-OH is 2. The first-order chi connectivity index (χ1) is 8.45. The number of esters is 1. The second-order valence-corrected chi connectivity index (χ2v) is 3.53. The Labute approximate surface area is 101 Å². The van der Waals surface area contributed by atoms with E-state index in [1.165, 1.54) is 0 Å². The van der Waals surface area contributed by atoms with Gasteiger partial charge < -0.3 is 14.9 Å². The third-order valence-electron chi connectivity index (χ3n) is 2.17.